The first kappa shape index (κ1) is 23.2. The largest absolute Gasteiger partial charge is 0.388 e. The average molecular weight is 453 g/mol. The minimum atomic E-state index is -0.490. The number of carbonyl (C=O) groups is 2. The fourth-order valence-electron chi connectivity index (χ4n) is 3.29. The Balaban J connectivity index is 0.000000181. The van der Waals surface area contributed by atoms with Gasteiger partial charge in [-0.1, -0.05) is 24.6 Å². The second kappa shape index (κ2) is 9.78. The fourth-order valence-corrected chi connectivity index (χ4v) is 3.40. The number of rotatable bonds is 5. The summed E-state index contributed by atoms with van der Waals surface area (Å²) in [5, 5.41) is 6.27. The summed E-state index contributed by atoms with van der Waals surface area (Å²) in [5.41, 5.74) is 2.58. The summed E-state index contributed by atoms with van der Waals surface area (Å²) in [7, 11) is 1.89. The fraction of sp³-hybridized carbons (Fsp3) is 0.250. The topological polar surface area (TPSA) is 93.1 Å². The van der Waals surface area contributed by atoms with Gasteiger partial charge in [0.05, 0.1) is 10.9 Å². The number of anilines is 2. The molecule has 166 valence electrons. The van der Waals surface area contributed by atoms with Gasteiger partial charge in [-0.25, -0.2) is 4.98 Å². The molecule has 3 aromatic rings. The molecule has 2 aromatic heterocycles. The molecule has 2 N–H and O–H groups in total. The van der Waals surface area contributed by atoms with Gasteiger partial charge in [0.2, 0.25) is 5.91 Å². The Kier molecular flexibility index (Phi) is 7.10. The van der Waals surface area contributed by atoms with E-state index in [0.717, 1.165) is 23.2 Å². The van der Waals surface area contributed by atoms with Crippen molar-refractivity contribution in [3.05, 3.63) is 81.9 Å². The quantitative estimate of drug-likeness (QED) is 0.569. The summed E-state index contributed by atoms with van der Waals surface area (Å²) in [4.78, 5) is 38.0. The number of aromatic nitrogens is 2. The van der Waals surface area contributed by atoms with E-state index in [1.165, 1.54) is 6.20 Å². The van der Waals surface area contributed by atoms with E-state index >= 15 is 0 Å². The third-order valence-electron chi connectivity index (χ3n) is 5.42. The number of hydrogen-bond donors (Lipinski definition) is 2. The molecule has 2 atom stereocenters. The first-order valence-corrected chi connectivity index (χ1v) is 10.5. The van der Waals surface area contributed by atoms with Crippen molar-refractivity contribution in [2.75, 3.05) is 17.7 Å². The molecule has 1 aliphatic rings. The van der Waals surface area contributed by atoms with E-state index in [9.17, 15) is 14.4 Å². The maximum Gasteiger partial charge on any atom is 0.255 e. The highest BCUT2D eigenvalue weighted by Crippen LogP contribution is 2.50. The zero-order chi connectivity index (χ0) is 23.3. The van der Waals surface area contributed by atoms with Crippen LogP contribution in [0, 0.1) is 18.3 Å². The van der Waals surface area contributed by atoms with Gasteiger partial charge in [-0.2, -0.15) is 0 Å². The molecule has 8 heteroatoms. The molecule has 2 unspecified atom stereocenters. The zero-order valence-corrected chi connectivity index (χ0v) is 18.9. The van der Waals surface area contributed by atoms with E-state index in [0.29, 0.717) is 17.3 Å². The number of carbonyl (C=O) groups excluding carboxylic acids is 2. The van der Waals surface area contributed by atoms with Gasteiger partial charge in [-0.15, -0.1) is 0 Å². The Labute approximate surface area is 191 Å². The molecule has 7 nitrogen and oxygen atoms in total. The molecule has 1 fully saturated rings. The Morgan fingerprint density at radius 1 is 1.25 bits per heavy atom. The van der Waals surface area contributed by atoms with E-state index in [1.807, 2.05) is 38.2 Å². The Morgan fingerprint density at radius 2 is 2.03 bits per heavy atom. The molecule has 1 saturated carbocycles. The van der Waals surface area contributed by atoms with Gasteiger partial charge in [-0.3, -0.25) is 14.2 Å². The molecule has 0 aliphatic heterocycles. The molecule has 0 saturated heterocycles. The van der Waals surface area contributed by atoms with Crippen LogP contribution in [0.4, 0.5) is 11.5 Å². The highest BCUT2D eigenvalue weighted by atomic mass is 35.5. The summed E-state index contributed by atoms with van der Waals surface area (Å²) in [6.07, 6.45) is 4.68. The van der Waals surface area contributed by atoms with E-state index in [2.05, 4.69) is 15.6 Å². The van der Waals surface area contributed by atoms with Gasteiger partial charge in [0.1, 0.15) is 12.1 Å². The zero-order valence-electron chi connectivity index (χ0n) is 18.1. The van der Waals surface area contributed by atoms with Gasteiger partial charge in [0, 0.05) is 42.3 Å². The molecule has 32 heavy (non-hydrogen) atoms. The van der Waals surface area contributed by atoms with Crippen LogP contribution in [0.1, 0.15) is 18.9 Å². The minimum absolute atomic E-state index is 0.0147. The van der Waals surface area contributed by atoms with Crippen LogP contribution in [0.15, 0.2) is 65.7 Å². The number of nitrogens with one attached hydrogen (secondary N) is 2. The van der Waals surface area contributed by atoms with E-state index in [-0.39, 0.29) is 17.4 Å². The molecule has 1 aromatic carbocycles. The number of aryl methyl sites for hydroxylation is 1. The van der Waals surface area contributed by atoms with Crippen LogP contribution in [-0.2, 0) is 9.59 Å². The maximum atomic E-state index is 11.7. The van der Waals surface area contributed by atoms with E-state index in [1.54, 1.807) is 42.0 Å². The van der Waals surface area contributed by atoms with Crippen molar-refractivity contribution < 1.29 is 9.59 Å². The Hall–Kier alpha value is -3.45. The van der Waals surface area contributed by atoms with Crippen molar-refractivity contribution in [1.82, 2.24) is 9.55 Å². The number of pyridine rings is 2. The predicted octanol–water partition coefficient (Wildman–Crippen LogP) is 4.09. The Morgan fingerprint density at radius 3 is 2.59 bits per heavy atom. The van der Waals surface area contributed by atoms with Crippen molar-refractivity contribution in [3.8, 4) is 5.69 Å². The first-order chi connectivity index (χ1) is 15.3. The number of amides is 1. The average Bonchev–Trinajstić information content (AvgIpc) is 3.48. The second-order valence-electron chi connectivity index (χ2n) is 7.89. The highest BCUT2D eigenvalue weighted by molar-refractivity contribution is 6.30. The lowest BCUT2D eigenvalue weighted by Gasteiger charge is -2.09. The second-order valence-corrected chi connectivity index (χ2v) is 8.33. The van der Waals surface area contributed by atoms with Crippen molar-refractivity contribution in [1.29, 1.82) is 0 Å². The van der Waals surface area contributed by atoms with Gasteiger partial charge in [0.15, 0.2) is 0 Å². The van der Waals surface area contributed by atoms with Crippen LogP contribution in [0.3, 0.4) is 0 Å². The van der Waals surface area contributed by atoms with Gasteiger partial charge < -0.3 is 15.4 Å². The normalized spacial score (nSPS) is 18.7. The third kappa shape index (κ3) is 5.42. The number of halogens is 1. The molecule has 0 bridgehead atoms. The Bertz CT molecular complexity index is 1180. The SMILES string of the molecule is CC1(C=O)CC1C(=O)Nc1ccc(Cl)cn1.CNc1ccc(-n2ccccc2=O)cc1C. The summed E-state index contributed by atoms with van der Waals surface area (Å²) in [6, 6.07) is 14.3. The summed E-state index contributed by atoms with van der Waals surface area (Å²) in [6.45, 7) is 3.79. The van der Waals surface area contributed by atoms with Crippen molar-refractivity contribution in [2.45, 2.75) is 20.3 Å². The summed E-state index contributed by atoms with van der Waals surface area (Å²) in [5.74, 6) is 0.0569. The predicted molar refractivity (Wildman–Crippen MR) is 126 cm³/mol. The number of nitrogens with zero attached hydrogens (tertiary/aromatic N) is 2. The van der Waals surface area contributed by atoms with E-state index < -0.39 is 5.41 Å². The molecule has 0 spiro atoms. The lowest BCUT2D eigenvalue weighted by Crippen LogP contribution is -2.18. The first-order valence-electron chi connectivity index (χ1n) is 10.1. The summed E-state index contributed by atoms with van der Waals surface area (Å²) < 4.78 is 1.63. The maximum absolute atomic E-state index is 11.7. The molecule has 1 amide bonds. The molecule has 1 aliphatic carbocycles. The lowest BCUT2D eigenvalue weighted by molar-refractivity contribution is -0.120. The molecular formula is C24H25ClN4O3. The van der Waals surface area contributed by atoms with Crippen LogP contribution in [0.5, 0.6) is 0 Å². The monoisotopic (exact) mass is 452 g/mol. The van der Waals surface area contributed by atoms with Crippen molar-refractivity contribution in [2.24, 2.45) is 11.3 Å². The standard InChI is InChI=1S/C13H14N2O.C11H11ClN2O2/c1-10-9-11(6-7-12(10)14-2)15-8-4-3-5-13(15)16;1-11(6-15)4-8(11)10(16)14-9-3-2-7(12)5-13-9/h3-9,14H,1-2H3;2-3,5-6,8H,4H2,1H3,(H,13,14,16). The van der Waals surface area contributed by atoms with Crippen molar-refractivity contribution >= 4 is 35.3 Å². The molecule has 4 rings (SSSR count). The number of hydrogen-bond acceptors (Lipinski definition) is 5. The lowest BCUT2D eigenvalue weighted by atomic mass is 10.1. The molecule has 2 heterocycles. The van der Waals surface area contributed by atoms with Gasteiger partial charge in [-0.05, 0) is 55.3 Å². The smallest absolute Gasteiger partial charge is 0.255 e. The summed E-state index contributed by atoms with van der Waals surface area (Å²) >= 11 is 5.67. The van der Waals surface area contributed by atoms with Crippen LogP contribution < -0.4 is 16.2 Å². The number of benzene rings is 1. The highest BCUT2D eigenvalue weighted by Gasteiger charge is 2.54. The van der Waals surface area contributed by atoms with Crippen LogP contribution in [-0.4, -0.2) is 28.8 Å². The van der Waals surface area contributed by atoms with Crippen molar-refractivity contribution in [3.63, 3.8) is 0 Å². The van der Waals surface area contributed by atoms with Crippen LogP contribution >= 0.6 is 11.6 Å². The molecule has 0 radical (unpaired) electrons. The van der Waals surface area contributed by atoms with Crippen LogP contribution in [0.2, 0.25) is 5.02 Å². The molecular weight excluding hydrogens is 428 g/mol. The third-order valence-corrected chi connectivity index (χ3v) is 5.65. The van der Waals surface area contributed by atoms with Crippen LogP contribution in [0.25, 0.3) is 5.69 Å². The minimum Gasteiger partial charge on any atom is -0.388 e. The van der Waals surface area contributed by atoms with Gasteiger partial charge >= 0.3 is 0 Å². The number of aldehydes is 1. The van der Waals surface area contributed by atoms with Gasteiger partial charge in [0.25, 0.3) is 5.56 Å². The van der Waals surface area contributed by atoms with E-state index in [4.69, 9.17) is 11.6 Å².